The zero-order chi connectivity index (χ0) is 19.9. The second-order valence-electron chi connectivity index (χ2n) is 4.98. The van der Waals surface area contributed by atoms with Crippen molar-refractivity contribution in [2.45, 2.75) is 37.1 Å². The fourth-order valence-electron chi connectivity index (χ4n) is 1.52. The highest BCUT2D eigenvalue weighted by Gasteiger charge is 2.26. The van der Waals surface area contributed by atoms with Crippen molar-refractivity contribution < 1.29 is 32.2 Å². The van der Waals surface area contributed by atoms with E-state index in [9.17, 15) is 22.8 Å². The Kier molecular flexibility index (Phi) is 8.35. The topological polar surface area (TPSA) is 182 Å². The maximum Gasteiger partial charge on any atom is 0.324 e. The van der Waals surface area contributed by atoms with E-state index in [2.05, 4.69) is 24.7 Å². The van der Waals surface area contributed by atoms with Crippen LogP contribution in [0.4, 0.5) is 4.39 Å². The lowest BCUT2D eigenvalue weighted by Crippen LogP contribution is -2.46. The van der Waals surface area contributed by atoms with Crippen LogP contribution in [-0.2, 0) is 19.7 Å². The van der Waals surface area contributed by atoms with E-state index >= 15 is 0 Å². The first kappa shape index (κ1) is 22.2. The Morgan fingerprint density at radius 3 is 2.65 bits per heavy atom. The van der Waals surface area contributed by atoms with Crippen molar-refractivity contribution in [3.05, 3.63) is 5.69 Å². The van der Waals surface area contributed by atoms with E-state index in [4.69, 9.17) is 5.14 Å². The molecule has 12 nitrogen and oxygen atoms in total. The molecule has 1 rings (SSSR count). The average Bonchev–Trinajstić information content (AvgIpc) is 3.02. The molecule has 148 valence electrons. The molecule has 0 bridgehead atoms. The monoisotopic (exact) mass is 414 g/mol. The number of aromatic nitrogens is 2. The van der Waals surface area contributed by atoms with E-state index in [0.29, 0.717) is 0 Å². The Morgan fingerprint density at radius 2 is 2.15 bits per heavy atom. The second-order valence-corrected chi connectivity index (χ2v) is 7.31. The molecule has 3 atom stereocenters. The predicted octanol–water partition coefficient (Wildman–Crippen LogP) is -1.03. The molecular weight excluding hydrogens is 395 g/mol. The zero-order valence-electron chi connectivity index (χ0n) is 14.0. The molecule has 1 aromatic heterocycles. The lowest BCUT2D eigenvalue weighted by Gasteiger charge is -2.14. The van der Waals surface area contributed by atoms with Crippen LogP contribution >= 0.6 is 11.8 Å². The van der Waals surface area contributed by atoms with E-state index in [1.165, 1.54) is 13.8 Å². The van der Waals surface area contributed by atoms with Crippen molar-refractivity contribution in [3.8, 4) is 0 Å². The number of rotatable bonds is 9. The van der Waals surface area contributed by atoms with Crippen molar-refractivity contribution in [3.63, 3.8) is 0 Å². The molecule has 0 saturated heterocycles. The number of amidine groups is 1. The molecule has 0 radical (unpaired) electrons. The van der Waals surface area contributed by atoms with Crippen molar-refractivity contribution in [2.75, 3.05) is 12.9 Å². The van der Waals surface area contributed by atoms with Crippen LogP contribution < -0.4 is 15.3 Å². The molecule has 0 aromatic carbocycles. The van der Waals surface area contributed by atoms with Crippen LogP contribution in [0.2, 0.25) is 0 Å². The van der Waals surface area contributed by atoms with Crippen LogP contribution in [0.3, 0.4) is 0 Å². The van der Waals surface area contributed by atoms with Crippen molar-refractivity contribution >= 4 is 33.8 Å². The van der Waals surface area contributed by atoms with Gasteiger partial charge >= 0.3 is 5.97 Å². The average molecular weight is 414 g/mol. The SMILES string of the molecule is COC(=O)[C@H](CSc1nonc1C(=NC(C)[C@@H](C)F)NO)NS(N)(=O)=O. The van der Waals surface area contributed by atoms with Crippen molar-refractivity contribution in [2.24, 2.45) is 10.1 Å². The maximum atomic E-state index is 13.3. The molecule has 1 unspecified atom stereocenters. The fraction of sp³-hybridized carbons (Fsp3) is 0.636. The summed E-state index contributed by atoms with van der Waals surface area (Å²) in [6.45, 7) is 2.77. The van der Waals surface area contributed by atoms with Crippen molar-refractivity contribution in [1.29, 1.82) is 0 Å². The van der Waals surface area contributed by atoms with Gasteiger partial charge in [0.15, 0.2) is 16.6 Å². The summed E-state index contributed by atoms with van der Waals surface area (Å²) in [6.07, 6.45) is -1.29. The number of aliphatic imine (C=N–C) groups is 1. The number of hydrogen-bond acceptors (Lipinski definition) is 10. The first-order valence-corrected chi connectivity index (χ1v) is 9.57. The summed E-state index contributed by atoms with van der Waals surface area (Å²) in [5.74, 6) is -1.27. The minimum Gasteiger partial charge on any atom is -0.468 e. The number of thioether (sulfide) groups is 1. The van der Waals surface area contributed by atoms with E-state index in [1.54, 1.807) is 5.48 Å². The van der Waals surface area contributed by atoms with Gasteiger partial charge < -0.3 is 4.74 Å². The van der Waals surface area contributed by atoms with Crippen LogP contribution in [0, 0.1) is 0 Å². The molecular formula is C11H19FN6O6S2. The van der Waals surface area contributed by atoms with E-state index in [0.717, 1.165) is 18.9 Å². The Hall–Kier alpha value is -1.81. The van der Waals surface area contributed by atoms with Gasteiger partial charge in [-0.1, -0.05) is 11.8 Å². The lowest BCUT2D eigenvalue weighted by molar-refractivity contribution is -0.141. The smallest absolute Gasteiger partial charge is 0.324 e. The summed E-state index contributed by atoms with van der Waals surface area (Å²) in [4.78, 5) is 15.6. The Balaban J connectivity index is 2.98. The standard InChI is InChI=1S/C11H19FN6O6S2/c1-5(12)6(2)14-9(15-20)8-10(17-24-16-8)25-4-7(11(19)23-3)18-26(13,21)22/h5-7,18,20H,4H2,1-3H3,(H,14,15)(H2,13,21,22)/t5-,6?,7+/m1/s1. The number of nitrogens with zero attached hydrogens (tertiary/aromatic N) is 3. The lowest BCUT2D eigenvalue weighted by atomic mass is 10.2. The summed E-state index contributed by atoms with van der Waals surface area (Å²) < 4.78 is 46.5. The normalized spacial score (nSPS) is 16.0. The number of ether oxygens (including phenoxy) is 1. The van der Waals surface area contributed by atoms with Gasteiger partial charge in [-0.3, -0.25) is 20.5 Å². The van der Waals surface area contributed by atoms with Crippen LogP contribution in [0.25, 0.3) is 0 Å². The zero-order valence-corrected chi connectivity index (χ0v) is 15.7. The van der Waals surface area contributed by atoms with E-state index < -0.39 is 34.4 Å². The highest BCUT2D eigenvalue weighted by Crippen LogP contribution is 2.21. The number of hydrogen-bond donors (Lipinski definition) is 4. The van der Waals surface area contributed by atoms with E-state index in [-0.39, 0.29) is 22.3 Å². The minimum absolute atomic E-state index is 0.0516. The number of carbonyl (C=O) groups is 1. The van der Waals surface area contributed by atoms with Crippen LogP contribution in [0.15, 0.2) is 14.6 Å². The fourth-order valence-corrected chi connectivity index (χ4v) is 3.10. The Labute approximate surface area is 152 Å². The summed E-state index contributed by atoms with van der Waals surface area (Å²) >= 11 is 0.849. The Morgan fingerprint density at radius 1 is 1.50 bits per heavy atom. The highest BCUT2D eigenvalue weighted by molar-refractivity contribution is 7.99. The summed E-state index contributed by atoms with van der Waals surface area (Å²) in [5.41, 5.74) is 1.72. The van der Waals surface area contributed by atoms with Gasteiger partial charge in [0.2, 0.25) is 0 Å². The first-order valence-electron chi connectivity index (χ1n) is 7.04. The largest absolute Gasteiger partial charge is 0.468 e. The molecule has 0 aliphatic heterocycles. The van der Waals surface area contributed by atoms with Gasteiger partial charge in [-0.05, 0) is 24.2 Å². The van der Waals surface area contributed by atoms with Gasteiger partial charge in [-0.2, -0.15) is 13.1 Å². The van der Waals surface area contributed by atoms with Gasteiger partial charge in [-0.15, -0.1) is 0 Å². The van der Waals surface area contributed by atoms with Gasteiger partial charge in [0.05, 0.1) is 13.2 Å². The maximum absolute atomic E-state index is 13.3. The van der Waals surface area contributed by atoms with Crippen LogP contribution in [-0.4, -0.2) is 66.9 Å². The predicted molar refractivity (Wildman–Crippen MR) is 88.6 cm³/mol. The summed E-state index contributed by atoms with van der Waals surface area (Å²) in [5, 5.41) is 21.3. The molecule has 0 amide bonds. The molecule has 1 heterocycles. The molecule has 0 spiro atoms. The van der Waals surface area contributed by atoms with Crippen LogP contribution in [0.5, 0.6) is 0 Å². The highest BCUT2D eigenvalue weighted by atomic mass is 32.2. The molecule has 0 saturated carbocycles. The third-order valence-corrected chi connectivity index (χ3v) is 4.62. The van der Waals surface area contributed by atoms with Crippen molar-refractivity contribution in [1.82, 2.24) is 20.5 Å². The Bertz CT molecular complexity index is 739. The number of hydroxylamine groups is 1. The summed E-state index contributed by atoms with van der Waals surface area (Å²) in [7, 11) is -3.09. The van der Waals surface area contributed by atoms with E-state index in [1.807, 2.05) is 4.72 Å². The number of alkyl halides is 1. The van der Waals surface area contributed by atoms with Gasteiger partial charge in [0, 0.05) is 5.75 Å². The third-order valence-electron chi connectivity index (χ3n) is 2.97. The number of esters is 1. The van der Waals surface area contributed by atoms with Crippen LogP contribution in [0.1, 0.15) is 19.5 Å². The van der Waals surface area contributed by atoms with Gasteiger partial charge in [-0.25, -0.2) is 14.2 Å². The quantitative estimate of drug-likeness (QED) is 0.128. The number of carbonyl (C=O) groups excluding carboxylic acids is 1. The number of nitrogens with two attached hydrogens (primary N) is 1. The molecule has 0 fully saturated rings. The third kappa shape index (κ3) is 6.83. The number of nitrogens with one attached hydrogen (secondary N) is 2. The molecule has 1 aromatic rings. The number of methoxy groups -OCH3 is 1. The molecule has 15 heteroatoms. The minimum atomic E-state index is -4.17. The van der Waals surface area contributed by atoms with Gasteiger partial charge in [0.1, 0.15) is 12.2 Å². The second kappa shape index (κ2) is 9.77. The molecule has 5 N–H and O–H groups in total. The molecule has 26 heavy (non-hydrogen) atoms. The van der Waals surface area contributed by atoms with Gasteiger partial charge in [0.25, 0.3) is 10.2 Å². The molecule has 0 aliphatic rings. The molecule has 0 aliphatic carbocycles. The first-order chi connectivity index (χ1) is 12.1. The summed E-state index contributed by atoms with van der Waals surface area (Å²) in [6, 6.07) is -2.11. The number of halogens is 1.